The molecule has 0 saturated carbocycles. The second kappa shape index (κ2) is 3.70. The number of hydrogen-bond donors (Lipinski definition) is 1. The lowest BCUT2D eigenvalue weighted by Gasteiger charge is -2.20. The van der Waals surface area contributed by atoms with E-state index < -0.39 is 0 Å². The normalized spacial score (nSPS) is 22.9. The number of fused-ring (bicyclic) bond motifs is 1. The molecule has 0 fully saturated rings. The molecule has 0 saturated heterocycles. The average molecular weight is 222 g/mol. The number of rotatable bonds is 1. The van der Waals surface area contributed by atoms with E-state index in [4.69, 9.17) is 0 Å². The zero-order valence-electron chi connectivity index (χ0n) is 9.06. The fourth-order valence-electron chi connectivity index (χ4n) is 1.56. The lowest BCUT2D eigenvalue weighted by atomic mass is 10.2. The predicted octanol–water partition coefficient (Wildman–Crippen LogP) is 1.80. The van der Waals surface area contributed by atoms with Crippen LogP contribution in [-0.4, -0.2) is 29.2 Å². The van der Waals surface area contributed by atoms with Gasteiger partial charge in [0.05, 0.1) is 0 Å². The topological polar surface area (TPSA) is 32.7 Å². The van der Waals surface area contributed by atoms with Crippen molar-refractivity contribution in [2.24, 2.45) is 4.99 Å². The number of amides is 1. The maximum Gasteiger partial charge on any atom is 0.296 e. The van der Waals surface area contributed by atoms with Gasteiger partial charge in [-0.1, -0.05) is 6.08 Å². The molecule has 0 aliphatic carbocycles. The summed E-state index contributed by atoms with van der Waals surface area (Å²) in [4.78, 5) is 17.6. The number of carbonyl (C=O) groups excluding carboxylic acids is 1. The molecule has 0 unspecified atom stereocenters. The van der Waals surface area contributed by atoms with E-state index in [-0.39, 0.29) is 16.8 Å². The van der Waals surface area contributed by atoms with Crippen LogP contribution in [0.1, 0.15) is 6.92 Å². The van der Waals surface area contributed by atoms with E-state index in [0.717, 1.165) is 11.4 Å². The van der Waals surface area contributed by atoms with Gasteiger partial charge in [-0.3, -0.25) is 9.69 Å². The van der Waals surface area contributed by atoms with Crippen LogP contribution < -0.4 is 0 Å². The Hall–Kier alpha value is -1.29. The van der Waals surface area contributed by atoms with Gasteiger partial charge in [-0.05, 0) is 36.5 Å². The van der Waals surface area contributed by atoms with Gasteiger partial charge in [-0.15, -0.1) is 0 Å². The summed E-state index contributed by atoms with van der Waals surface area (Å²) in [6, 6.07) is 0. The van der Waals surface area contributed by atoms with E-state index >= 15 is 0 Å². The third-order valence-corrected chi connectivity index (χ3v) is 2.99. The maximum absolute atomic E-state index is 11.7. The van der Waals surface area contributed by atoms with Crippen LogP contribution in [0.3, 0.4) is 0 Å². The first-order valence-corrected chi connectivity index (χ1v) is 7.06. The summed E-state index contributed by atoms with van der Waals surface area (Å²) in [7, 11) is -0.236. The van der Waals surface area contributed by atoms with Gasteiger partial charge in [-0.25, -0.2) is 10.9 Å². The summed E-state index contributed by atoms with van der Waals surface area (Å²) < 4.78 is 0. The van der Waals surface area contributed by atoms with Crippen molar-refractivity contribution in [3.8, 4) is 0 Å². The van der Waals surface area contributed by atoms with E-state index in [1.165, 1.54) is 0 Å². The van der Waals surface area contributed by atoms with Gasteiger partial charge in [0.2, 0.25) is 0 Å². The Labute approximate surface area is 92.2 Å². The Morgan fingerprint density at radius 2 is 2.20 bits per heavy atom. The molecule has 2 aliphatic rings. The molecule has 4 heteroatoms. The maximum atomic E-state index is 11.7. The quantitative estimate of drug-likeness (QED) is 0.542. The zero-order chi connectivity index (χ0) is 11.0. The van der Waals surface area contributed by atoms with Crippen LogP contribution in [0, 0.1) is 0 Å². The second-order valence-electron chi connectivity index (χ2n) is 3.78. The first kappa shape index (κ1) is 10.2. The Balaban J connectivity index is 2.40. The van der Waals surface area contributed by atoms with Crippen molar-refractivity contribution in [1.82, 2.24) is 4.90 Å². The summed E-state index contributed by atoms with van der Waals surface area (Å²) >= 11 is 0. The van der Waals surface area contributed by atoms with Gasteiger partial charge >= 0.3 is 0 Å². The van der Waals surface area contributed by atoms with Crippen LogP contribution in [0.5, 0.6) is 0 Å². The molecule has 0 N–H and O–H groups in total. The van der Waals surface area contributed by atoms with E-state index in [2.05, 4.69) is 17.5 Å². The molecule has 15 heavy (non-hydrogen) atoms. The minimum Gasteiger partial charge on any atom is -0.296 e. The summed E-state index contributed by atoms with van der Waals surface area (Å²) in [5.41, 5.74) is 1.73. The summed E-state index contributed by atoms with van der Waals surface area (Å²) in [6.07, 6.45) is 10.0. The molecule has 0 atom stereocenters. The van der Waals surface area contributed by atoms with Crippen molar-refractivity contribution >= 4 is 22.6 Å². The molecule has 0 spiro atoms. The van der Waals surface area contributed by atoms with Crippen LogP contribution in [0.15, 0.2) is 40.0 Å². The molecule has 2 heterocycles. The molecule has 1 amide bonds. The van der Waals surface area contributed by atoms with Crippen molar-refractivity contribution < 1.29 is 4.79 Å². The first-order chi connectivity index (χ1) is 7.09. The number of thiol groups is 1. The lowest BCUT2D eigenvalue weighted by Crippen LogP contribution is -2.23. The zero-order valence-corrected chi connectivity index (χ0v) is 9.95. The smallest absolute Gasteiger partial charge is 0.296 e. The van der Waals surface area contributed by atoms with Gasteiger partial charge in [-0.2, -0.15) is 4.99 Å². The fraction of sp³-hybridized carbons (Fsp3) is 0.273. The van der Waals surface area contributed by atoms with Gasteiger partial charge in [0.1, 0.15) is 11.5 Å². The van der Waals surface area contributed by atoms with E-state index in [1.54, 1.807) is 0 Å². The van der Waals surface area contributed by atoms with Crippen molar-refractivity contribution in [3.63, 3.8) is 0 Å². The van der Waals surface area contributed by atoms with Crippen molar-refractivity contribution in [3.05, 3.63) is 35.0 Å². The summed E-state index contributed by atoms with van der Waals surface area (Å²) in [5, 5.41) is 2.01. The molecule has 0 aromatic carbocycles. The van der Waals surface area contributed by atoms with Crippen LogP contribution in [0.4, 0.5) is 0 Å². The molecule has 80 valence electrons. The Morgan fingerprint density at radius 3 is 2.87 bits per heavy atom. The van der Waals surface area contributed by atoms with Crippen molar-refractivity contribution in [2.45, 2.75) is 6.92 Å². The van der Waals surface area contributed by atoms with Gasteiger partial charge in [0.15, 0.2) is 0 Å². The molecular formula is C11H14N2OS. The third kappa shape index (κ3) is 1.77. The van der Waals surface area contributed by atoms with Crippen LogP contribution >= 0.6 is 10.9 Å². The van der Waals surface area contributed by atoms with Crippen LogP contribution in [-0.2, 0) is 4.79 Å². The SMILES string of the molecule is CC1=CC=CN2C(=C[SH](C)C)C(=O)N=C12. The van der Waals surface area contributed by atoms with Gasteiger partial charge < -0.3 is 0 Å². The molecular weight excluding hydrogens is 208 g/mol. The van der Waals surface area contributed by atoms with E-state index in [1.807, 2.05) is 35.6 Å². The van der Waals surface area contributed by atoms with E-state index in [9.17, 15) is 4.79 Å². The highest BCUT2D eigenvalue weighted by molar-refractivity contribution is 8.18. The second-order valence-corrected chi connectivity index (χ2v) is 5.97. The summed E-state index contributed by atoms with van der Waals surface area (Å²) in [6.45, 7) is 1.96. The predicted molar refractivity (Wildman–Crippen MR) is 66.1 cm³/mol. The molecule has 0 aromatic heterocycles. The summed E-state index contributed by atoms with van der Waals surface area (Å²) in [5.74, 6) is 0.645. The fourth-order valence-corrected chi connectivity index (χ4v) is 2.29. The third-order valence-electron chi connectivity index (χ3n) is 2.23. The Morgan fingerprint density at radius 1 is 1.47 bits per heavy atom. The first-order valence-electron chi connectivity index (χ1n) is 4.75. The number of carbonyl (C=O) groups is 1. The molecule has 0 aromatic rings. The molecule has 0 radical (unpaired) electrons. The van der Waals surface area contributed by atoms with Gasteiger partial charge in [0.25, 0.3) is 5.91 Å². The largest absolute Gasteiger partial charge is 0.296 e. The Bertz CT molecular complexity index is 430. The molecule has 0 bridgehead atoms. The van der Waals surface area contributed by atoms with Gasteiger partial charge in [0, 0.05) is 6.20 Å². The monoisotopic (exact) mass is 222 g/mol. The molecule has 3 nitrogen and oxygen atoms in total. The minimum absolute atomic E-state index is 0.125. The minimum atomic E-state index is -0.236. The average Bonchev–Trinajstić information content (AvgIpc) is 2.45. The highest BCUT2D eigenvalue weighted by Gasteiger charge is 2.29. The van der Waals surface area contributed by atoms with Crippen LogP contribution in [0.2, 0.25) is 0 Å². The van der Waals surface area contributed by atoms with Crippen molar-refractivity contribution in [1.29, 1.82) is 0 Å². The highest BCUT2D eigenvalue weighted by Crippen LogP contribution is 2.28. The highest BCUT2D eigenvalue weighted by atomic mass is 32.2. The van der Waals surface area contributed by atoms with Crippen LogP contribution in [0.25, 0.3) is 0 Å². The number of nitrogens with zero attached hydrogens (tertiary/aromatic N) is 2. The number of aliphatic imine (C=N–C) groups is 1. The van der Waals surface area contributed by atoms with E-state index in [0.29, 0.717) is 5.70 Å². The molecule has 2 rings (SSSR count). The molecule has 2 aliphatic heterocycles. The van der Waals surface area contributed by atoms with Crippen molar-refractivity contribution in [2.75, 3.05) is 12.5 Å². The number of amidine groups is 1. The number of allylic oxidation sites excluding steroid dienone is 2. The number of hydrogen-bond acceptors (Lipinski definition) is 2. The lowest BCUT2D eigenvalue weighted by molar-refractivity contribution is -0.114. The standard InChI is InChI=1S/C11H14N2OS/c1-8-5-4-6-13-9(7-15(2)3)11(14)12-10(8)13/h4-7,15H,1-3H3. The Kier molecular flexibility index (Phi) is 2.52.